The molecule has 0 aromatic heterocycles. The van der Waals surface area contributed by atoms with Crippen molar-refractivity contribution in [3.05, 3.63) is 25.3 Å². The average molecular weight is 479 g/mol. The standard InChI is InChI=1S/C25H38N2O5S/c1-4-7-14-26(13-6-3)23(30)21-25-12-11-18(33-25)19(24(31)32-17-8-5-2)20(25)22(29)27(21)15-9-10-16-28/h5-6,18-21,28H,2-4,7-17H2,1H3/t18-,19+,20+,21?,25?/m1/s1. The molecule has 7 nitrogen and oxygen atoms in total. The van der Waals surface area contributed by atoms with Crippen molar-refractivity contribution in [3.63, 3.8) is 0 Å². The molecule has 0 radical (unpaired) electrons. The first-order valence-corrected chi connectivity index (χ1v) is 13.1. The summed E-state index contributed by atoms with van der Waals surface area (Å²) in [5.74, 6) is -1.52. The first kappa shape index (κ1) is 25.8. The van der Waals surface area contributed by atoms with Crippen LogP contribution in [-0.4, -0.2) is 81.6 Å². The number of likely N-dealkylation sites (tertiary alicyclic amines) is 1. The zero-order valence-corrected chi connectivity index (χ0v) is 20.6. The number of aliphatic hydroxyl groups is 1. The summed E-state index contributed by atoms with van der Waals surface area (Å²) in [6, 6.07) is -0.591. The van der Waals surface area contributed by atoms with E-state index < -0.39 is 22.6 Å². The van der Waals surface area contributed by atoms with E-state index in [9.17, 15) is 19.5 Å². The number of carbonyl (C=O) groups is 3. The molecule has 184 valence electrons. The van der Waals surface area contributed by atoms with Gasteiger partial charge in [-0.05, 0) is 38.5 Å². The third-order valence-corrected chi connectivity index (χ3v) is 9.07. The Bertz CT molecular complexity index is 759. The van der Waals surface area contributed by atoms with Crippen molar-refractivity contribution in [1.82, 2.24) is 9.80 Å². The third-order valence-electron chi connectivity index (χ3n) is 7.12. The molecule has 0 aromatic carbocycles. The lowest BCUT2D eigenvalue weighted by Crippen LogP contribution is -2.55. The van der Waals surface area contributed by atoms with E-state index in [0.29, 0.717) is 38.9 Å². The van der Waals surface area contributed by atoms with E-state index in [2.05, 4.69) is 20.1 Å². The number of aliphatic hydroxyl groups excluding tert-OH is 1. The normalized spacial score (nSPS) is 29.8. The van der Waals surface area contributed by atoms with Crippen LogP contribution in [0.15, 0.2) is 25.3 Å². The summed E-state index contributed by atoms with van der Waals surface area (Å²) in [6.07, 6.45) is 8.59. The average Bonchev–Trinajstić information content (AvgIpc) is 3.44. The van der Waals surface area contributed by atoms with Gasteiger partial charge in [0.05, 0.1) is 23.2 Å². The molecule has 33 heavy (non-hydrogen) atoms. The van der Waals surface area contributed by atoms with Gasteiger partial charge < -0.3 is 19.6 Å². The van der Waals surface area contributed by atoms with Gasteiger partial charge >= 0.3 is 5.97 Å². The van der Waals surface area contributed by atoms with E-state index in [-0.39, 0.29) is 36.2 Å². The maximum Gasteiger partial charge on any atom is 0.310 e. The van der Waals surface area contributed by atoms with Gasteiger partial charge in [-0.15, -0.1) is 24.9 Å². The van der Waals surface area contributed by atoms with Crippen LogP contribution in [0.1, 0.15) is 51.9 Å². The highest BCUT2D eigenvalue weighted by Crippen LogP contribution is 2.66. The summed E-state index contributed by atoms with van der Waals surface area (Å²) in [7, 11) is 0. The Balaban J connectivity index is 1.92. The molecule has 3 aliphatic heterocycles. The highest BCUT2D eigenvalue weighted by Gasteiger charge is 2.74. The minimum absolute atomic E-state index is 0.00793. The van der Waals surface area contributed by atoms with Gasteiger partial charge in [0.1, 0.15) is 6.04 Å². The number of amides is 2. The van der Waals surface area contributed by atoms with Crippen molar-refractivity contribution in [2.24, 2.45) is 11.8 Å². The van der Waals surface area contributed by atoms with Crippen LogP contribution in [0.5, 0.6) is 0 Å². The van der Waals surface area contributed by atoms with Crippen LogP contribution in [-0.2, 0) is 19.1 Å². The summed E-state index contributed by atoms with van der Waals surface area (Å²) < 4.78 is 4.91. The molecule has 3 saturated heterocycles. The molecule has 3 fully saturated rings. The quantitative estimate of drug-likeness (QED) is 0.235. The molecule has 1 N–H and O–H groups in total. The van der Waals surface area contributed by atoms with Crippen molar-refractivity contribution in [1.29, 1.82) is 0 Å². The Kier molecular flexibility index (Phi) is 9.04. The number of esters is 1. The van der Waals surface area contributed by atoms with Crippen LogP contribution in [0.3, 0.4) is 0 Å². The van der Waals surface area contributed by atoms with Crippen molar-refractivity contribution in [2.45, 2.75) is 67.9 Å². The van der Waals surface area contributed by atoms with E-state index in [0.717, 1.165) is 25.7 Å². The predicted octanol–water partition coefficient (Wildman–Crippen LogP) is 2.78. The van der Waals surface area contributed by atoms with Gasteiger partial charge in [0.25, 0.3) is 0 Å². The van der Waals surface area contributed by atoms with E-state index in [1.54, 1.807) is 28.8 Å². The Labute approximate surface area is 201 Å². The second kappa shape index (κ2) is 11.6. The molecular weight excluding hydrogens is 440 g/mol. The maximum atomic E-state index is 13.9. The number of fused-ring (bicyclic) bond motifs is 1. The van der Waals surface area contributed by atoms with Crippen LogP contribution < -0.4 is 0 Å². The number of nitrogens with zero attached hydrogens (tertiary/aromatic N) is 2. The zero-order chi connectivity index (χ0) is 24.0. The molecule has 2 amide bonds. The molecule has 1 spiro atoms. The molecule has 0 aromatic rings. The van der Waals surface area contributed by atoms with Gasteiger partial charge in [-0.3, -0.25) is 14.4 Å². The first-order chi connectivity index (χ1) is 16.0. The second-order valence-electron chi connectivity index (χ2n) is 9.19. The van der Waals surface area contributed by atoms with Gasteiger partial charge in [0.2, 0.25) is 11.8 Å². The fraction of sp³-hybridized carbons (Fsp3) is 0.720. The van der Waals surface area contributed by atoms with E-state index >= 15 is 0 Å². The summed E-state index contributed by atoms with van der Waals surface area (Å²) in [5.41, 5.74) is 0. The number of rotatable bonds is 14. The lowest BCUT2D eigenvalue weighted by molar-refractivity contribution is -0.154. The Morgan fingerprint density at radius 3 is 2.76 bits per heavy atom. The highest BCUT2D eigenvalue weighted by molar-refractivity contribution is 8.02. The lowest BCUT2D eigenvalue weighted by atomic mass is 9.71. The minimum atomic E-state index is -0.591. The molecule has 5 atom stereocenters. The van der Waals surface area contributed by atoms with Crippen LogP contribution in [0.25, 0.3) is 0 Å². The van der Waals surface area contributed by atoms with Crippen LogP contribution in [0.4, 0.5) is 0 Å². The van der Waals surface area contributed by atoms with Crippen molar-refractivity contribution in [2.75, 3.05) is 32.8 Å². The summed E-state index contributed by atoms with van der Waals surface area (Å²) in [5, 5.41) is 9.26. The molecule has 0 saturated carbocycles. The van der Waals surface area contributed by atoms with Gasteiger partial charge in [-0.25, -0.2) is 0 Å². The van der Waals surface area contributed by atoms with E-state index in [1.807, 2.05) is 4.90 Å². The molecule has 2 bridgehead atoms. The third kappa shape index (κ3) is 4.87. The fourth-order valence-electron chi connectivity index (χ4n) is 5.64. The zero-order valence-electron chi connectivity index (χ0n) is 19.7. The number of hydrogen-bond donors (Lipinski definition) is 1. The number of thioether (sulfide) groups is 1. The van der Waals surface area contributed by atoms with E-state index in [1.165, 1.54) is 0 Å². The van der Waals surface area contributed by atoms with Crippen molar-refractivity contribution < 1.29 is 24.2 Å². The number of unbranched alkanes of at least 4 members (excludes halogenated alkanes) is 2. The molecule has 3 aliphatic rings. The van der Waals surface area contributed by atoms with Crippen molar-refractivity contribution >= 4 is 29.5 Å². The largest absolute Gasteiger partial charge is 0.465 e. The number of hydrogen-bond acceptors (Lipinski definition) is 6. The monoisotopic (exact) mass is 478 g/mol. The van der Waals surface area contributed by atoms with Crippen LogP contribution >= 0.6 is 11.8 Å². The van der Waals surface area contributed by atoms with Crippen LogP contribution in [0.2, 0.25) is 0 Å². The maximum absolute atomic E-state index is 13.9. The van der Waals surface area contributed by atoms with Crippen LogP contribution in [0, 0.1) is 11.8 Å². The SMILES string of the molecule is C=CCCOC(=O)[C@@H]1[C@H]2C(=O)N(CCCCO)C(C(=O)N(CC=C)CCCC)C23CC[C@H]1S3. The first-order valence-electron chi connectivity index (χ1n) is 12.2. The van der Waals surface area contributed by atoms with Gasteiger partial charge in [-0.2, -0.15) is 0 Å². The fourth-order valence-corrected chi connectivity index (χ4v) is 7.84. The van der Waals surface area contributed by atoms with Crippen molar-refractivity contribution in [3.8, 4) is 0 Å². The molecule has 8 heteroatoms. The summed E-state index contributed by atoms with van der Waals surface area (Å²) >= 11 is 1.66. The van der Waals surface area contributed by atoms with E-state index in [4.69, 9.17) is 4.74 Å². The summed E-state index contributed by atoms with van der Waals surface area (Å²) in [6.45, 7) is 11.3. The predicted molar refractivity (Wildman–Crippen MR) is 130 cm³/mol. The topological polar surface area (TPSA) is 87.1 Å². The van der Waals surface area contributed by atoms with Gasteiger partial charge in [0.15, 0.2) is 0 Å². The second-order valence-corrected chi connectivity index (χ2v) is 10.8. The summed E-state index contributed by atoms with van der Waals surface area (Å²) in [4.78, 5) is 44.3. The number of ether oxygens (including phenoxy) is 1. The number of carbonyl (C=O) groups excluding carboxylic acids is 3. The van der Waals surface area contributed by atoms with Gasteiger partial charge in [-0.1, -0.05) is 25.5 Å². The molecule has 0 aliphatic carbocycles. The minimum Gasteiger partial charge on any atom is -0.465 e. The Morgan fingerprint density at radius 1 is 1.30 bits per heavy atom. The van der Waals surface area contributed by atoms with Gasteiger partial charge in [0, 0.05) is 31.5 Å². The molecular formula is C25H38N2O5S. The lowest BCUT2D eigenvalue weighted by Gasteiger charge is -2.37. The molecule has 2 unspecified atom stereocenters. The molecule has 3 rings (SSSR count). The Hall–Kier alpha value is -1.80. The highest BCUT2D eigenvalue weighted by atomic mass is 32.2. The molecule has 3 heterocycles. The smallest absolute Gasteiger partial charge is 0.310 e. The Morgan fingerprint density at radius 2 is 2.09 bits per heavy atom.